The third kappa shape index (κ3) is 5.11. The van der Waals surface area contributed by atoms with Crippen LogP contribution < -0.4 is 0 Å². The van der Waals surface area contributed by atoms with E-state index in [-0.39, 0.29) is 5.54 Å². The van der Waals surface area contributed by atoms with E-state index in [4.69, 9.17) is 11.6 Å². The Bertz CT molecular complexity index is 940. The normalized spacial score (nSPS) is 13.1. The number of aromatic nitrogens is 1. The largest absolute Gasteiger partial charge is 0.345 e. The minimum atomic E-state index is -0.581. The first-order valence-electron chi connectivity index (χ1n) is 10.1. The zero-order chi connectivity index (χ0) is 21.9. The maximum Gasteiger partial charge on any atom is 0.116 e. The highest BCUT2D eigenvalue weighted by Crippen LogP contribution is 2.35. The van der Waals surface area contributed by atoms with Gasteiger partial charge in [0, 0.05) is 39.1 Å². The molecule has 1 atom stereocenters. The van der Waals surface area contributed by atoms with Crippen molar-refractivity contribution < 1.29 is 4.39 Å². The molecule has 0 saturated heterocycles. The number of halogens is 2. The van der Waals surface area contributed by atoms with Crippen LogP contribution in [0.2, 0.25) is 5.02 Å². The number of hydrogen-bond acceptors (Lipinski definition) is 0. The summed E-state index contributed by atoms with van der Waals surface area (Å²) in [6, 6.07) is 5.56. The van der Waals surface area contributed by atoms with Crippen LogP contribution in [0.3, 0.4) is 0 Å². The maximum absolute atomic E-state index is 13.4. The number of hydrogen-bond donors (Lipinski definition) is 0. The molecule has 1 nitrogen and oxygen atoms in total. The van der Waals surface area contributed by atoms with Gasteiger partial charge in [-0.1, -0.05) is 56.8 Å². The fourth-order valence-electron chi connectivity index (χ4n) is 3.46. The summed E-state index contributed by atoms with van der Waals surface area (Å²) in [4.78, 5) is 0. The van der Waals surface area contributed by atoms with Crippen molar-refractivity contribution in [2.45, 2.75) is 60.2 Å². The molecule has 0 aliphatic carbocycles. The van der Waals surface area contributed by atoms with Crippen LogP contribution in [-0.4, -0.2) is 4.57 Å². The molecular formula is C26H33ClFN. The van der Waals surface area contributed by atoms with Gasteiger partial charge in [0.1, 0.15) is 6.67 Å². The van der Waals surface area contributed by atoms with Crippen LogP contribution in [-0.2, 0) is 12.2 Å². The van der Waals surface area contributed by atoms with Gasteiger partial charge in [-0.15, -0.1) is 0 Å². The summed E-state index contributed by atoms with van der Waals surface area (Å²) < 4.78 is 15.6. The first kappa shape index (κ1) is 23.2. The van der Waals surface area contributed by atoms with Gasteiger partial charge in [0.15, 0.2) is 0 Å². The lowest BCUT2D eigenvalue weighted by Gasteiger charge is -2.23. The first-order valence-corrected chi connectivity index (χ1v) is 10.5. The number of allylic oxidation sites excluding steroid dienone is 3. The number of alkyl halides is 1. The van der Waals surface area contributed by atoms with E-state index in [1.807, 2.05) is 18.2 Å². The van der Waals surface area contributed by atoms with Gasteiger partial charge in [-0.3, -0.25) is 0 Å². The molecule has 1 aromatic carbocycles. The van der Waals surface area contributed by atoms with Crippen molar-refractivity contribution in [2.75, 3.05) is 0 Å². The molecule has 2 aromatic rings. The van der Waals surface area contributed by atoms with Gasteiger partial charge in [0.2, 0.25) is 0 Å². The summed E-state index contributed by atoms with van der Waals surface area (Å²) in [6.07, 6.45) is 7.32. The molecule has 0 radical (unpaired) electrons. The van der Waals surface area contributed by atoms with Gasteiger partial charge >= 0.3 is 0 Å². The molecule has 0 fully saturated rings. The summed E-state index contributed by atoms with van der Waals surface area (Å²) >= 11 is 6.13. The highest BCUT2D eigenvalue weighted by molar-refractivity contribution is 6.31. The molecule has 1 aromatic heterocycles. The Morgan fingerprint density at radius 3 is 2.48 bits per heavy atom. The molecule has 0 N–H and O–H groups in total. The van der Waals surface area contributed by atoms with E-state index in [0.29, 0.717) is 16.5 Å². The lowest BCUT2D eigenvalue weighted by molar-refractivity contribution is 0.391. The second-order valence-corrected chi connectivity index (χ2v) is 9.12. The maximum atomic E-state index is 13.4. The van der Waals surface area contributed by atoms with Crippen molar-refractivity contribution in [3.63, 3.8) is 0 Å². The monoisotopic (exact) mass is 413 g/mol. The summed E-state index contributed by atoms with van der Waals surface area (Å²) in [5, 5.41) is 0.457. The molecule has 2 rings (SSSR count). The van der Waals surface area contributed by atoms with Crippen molar-refractivity contribution >= 4 is 17.7 Å². The standard InChI is InChI=1S/C26H33ClFN/c1-9-17(2)19(4)18(3)10-12-23-20(5)29(26(6,7)8)16-24(23)21-11-13-25(27)22(14-21)15-28/h10-14,16-17H,3-4,9,15H2,1-2,5-8H3/b12-10-/t17-/m0/s1. The van der Waals surface area contributed by atoms with Crippen LogP contribution in [0.4, 0.5) is 4.39 Å². The van der Waals surface area contributed by atoms with Crippen molar-refractivity contribution in [1.82, 2.24) is 4.57 Å². The zero-order valence-electron chi connectivity index (χ0n) is 18.6. The average molecular weight is 414 g/mol. The van der Waals surface area contributed by atoms with Gasteiger partial charge in [-0.25, -0.2) is 4.39 Å². The van der Waals surface area contributed by atoms with Crippen molar-refractivity contribution in [3.05, 3.63) is 76.6 Å². The third-order valence-electron chi connectivity index (χ3n) is 5.59. The zero-order valence-corrected chi connectivity index (χ0v) is 19.3. The van der Waals surface area contributed by atoms with Gasteiger partial charge in [0.05, 0.1) is 0 Å². The first-order chi connectivity index (χ1) is 13.5. The van der Waals surface area contributed by atoms with Gasteiger partial charge in [0.25, 0.3) is 0 Å². The van der Waals surface area contributed by atoms with E-state index < -0.39 is 6.67 Å². The molecule has 0 spiro atoms. The molecule has 156 valence electrons. The Morgan fingerprint density at radius 1 is 1.28 bits per heavy atom. The molecule has 0 aliphatic rings. The van der Waals surface area contributed by atoms with Crippen LogP contribution >= 0.6 is 11.6 Å². The van der Waals surface area contributed by atoms with E-state index in [1.165, 1.54) is 0 Å². The Labute approximate surface area is 180 Å². The van der Waals surface area contributed by atoms with Gasteiger partial charge in [-0.05, 0) is 68.9 Å². The summed E-state index contributed by atoms with van der Waals surface area (Å²) in [5.41, 5.74) is 6.71. The van der Waals surface area contributed by atoms with Gasteiger partial charge < -0.3 is 4.57 Å². The molecule has 3 heteroatoms. The molecule has 0 bridgehead atoms. The van der Waals surface area contributed by atoms with Crippen molar-refractivity contribution in [1.29, 1.82) is 0 Å². The fourth-order valence-corrected chi connectivity index (χ4v) is 3.62. The molecule has 0 amide bonds. The summed E-state index contributed by atoms with van der Waals surface area (Å²) in [7, 11) is 0. The minimum absolute atomic E-state index is 0.0718. The quantitative estimate of drug-likeness (QED) is 0.401. The number of nitrogens with zero attached hydrogens (tertiary/aromatic N) is 1. The second kappa shape index (κ2) is 9.17. The van der Waals surface area contributed by atoms with E-state index in [2.05, 4.69) is 71.5 Å². The van der Waals surface area contributed by atoms with Gasteiger partial charge in [-0.2, -0.15) is 0 Å². The Balaban J connectivity index is 2.59. The Morgan fingerprint density at radius 2 is 1.93 bits per heavy atom. The third-order valence-corrected chi connectivity index (χ3v) is 5.96. The Hall–Kier alpha value is -2.06. The highest BCUT2D eigenvalue weighted by Gasteiger charge is 2.21. The van der Waals surface area contributed by atoms with Crippen LogP contribution in [0.1, 0.15) is 57.9 Å². The van der Waals surface area contributed by atoms with Crippen LogP contribution in [0.15, 0.2) is 54.8 Å². The van der Waals surface area contributed by atoms with Crippen LogP contribution in [0.25, 0.3) is 17.2 Å². The molecule has 0 aliphatic heterocycles. The predicted octanol–water partition coefficient (Wildman–Crippen LogP) is 8.51. The fraction of sp³-hybridized carbons (Fsp3) is 0.385. The van der Waals surface area contributed by atoms with E-state index in [0.717, 1.165) is 40.0 Å². The second-order valence-electron chi connectivity index (χ2n) is 8.72. The van der Waals surface area contributed by atoms with E-state index >= 15 is 0 Å². The van der Waals surface area contributed by atoms with Crippen molar-refractivity contribution in [2.24, 2.45) is 5.92 Å². The van der Waals surface area contributed by atoms with Crippen LogP contribution in [0, 0.1) is 12.8 Å². The lowest BCUT2D eigenvalue weighted by atomic mass is 9.93. The number of benzene rings is 1. The topological polar surface area (TPSA) is 4.93 Å². The summed E-state index contributed by atoms with van der Waals surface area (Å²) in [6.45, 7) is 20.8. The molecule has 0 saturated carbocycles. The van der Waals surface area contributed by atoms with E-state index in [1.54, 1.807) is 6.07 Å². The SMILES string of the molecule is C=C(/C=C\c1c(-c2ccc(Cl)c(CF)c2)cn(C(C)(C)C)c1C)C(=C)[C@@H](C)CC. The highest BCUT2D eigenvalue weighted by atomic mass is 35.5. The van der Waals surface area contributed by atoms with Crippen molar-refractivity contribution in [3.8, 4) is 11.1 Å². The minimum Gasteiger partial charge on any atom is -0.345 e. The Kier molecular flexibility index (Phi) is 7.35. The van der Waals surface area contributed by atoms with E-state index in [9.17, 15) is 4.39 Å². The van der Waals surface area contributed by atoms with Crippen LogP contribution in [0.5, 0.6) is 0 Å². The number of rotatable bonds is 7. The molecular weight excluding hydrogens is 381 g/mol. The molecule has 0 unspecified atom stereocenters. The molecule has 1 heterocycles. The summed E-state index contributed by atoms with van der Waals surface area (Å²) in [5.74, 6) is 0.398. The smallest absolute Gasteiger partial charge is 0.116 e. The lowest BCUT2D eigenvalue weighted by Crippen LogP contribution is -2.21. The average Bonchev–Trinajstić information content (AvgIpc) is 3.01. The predicted molar refractivity (Wildman–Crippen MR) is 126 cm³/mol. The molecule has 29 heavy (non-hydrogen) atoms.